The lowest BCUT2D eigenvalue weighted by molar-refractivity contribution is 0.598. The molecule has 1 N–H and O–H groups in total. The summed E-state index contributed by atoms with van der Waals surface area (Å²) < 4.78 is 29.7. The summed E-state index contributed by atoms with van der Waals surface area (Å²) in [5.41, 5.74) is 2.46. The number of halogens is 1. The van der Waals surface area contributed by atoms with E-state index < -0.39 is 10.0 Å². The van der Waals surface area contributed by atoms with Crippen LogP contribution in [0.5, 0.6) is 0 Å². The minimum atomic E-state index is -3.68. The standard InChI is InChI=1S/C13H16BrN3O2S/c1-8-5-9(2)13(11(14)6-8)16-20(18,19)12-7-17(4)10(3)15-12/h5-7,16H,1-4H3. The Hall–Kier alpha value is -1.34. The quantitative estimate of drug-likeness (QED) is 0.918. The molecule has 2 aromatic rings. The van der Waals surface area contributed by atoms with Crippen LogP contribution in [0.3, 0.4) is 0 Å². The Kier molecular flexibility index (Phi) is 3.93. The number of hydrogen-bond acceptors (Lipinski definition) is 3. The van der Waals surface area contributed by atoms with E-state index in [4.69, 9.17) is 0 Å². The van der Waals surface area contributed by atoms with Gasteiger partial charge in [0.15, 0.2) is 5.03 Å². The molecule has 0 aliphatic rings. The largest absolute Gasteiger partial charge is 0.337 e. The normalized spacial score (nSPS) is 11.7. The predicted octanol–water partition coefficient (Wildman–Crippen LogP) is 2.91. The van der Waals surface area contributed by atoms with Crippen LogP contribution in [-0.2, 0) is 17.1 Å². The third-order valence-electron chi connectivity index (χ3n) is 3.03. The Balaban J connectivity index is 2.43. The van der Waals surface area contributed by atoms with Crippen LogP contribution >= 0.6 is 15.9 Å². The lowest BCUT2D eigenvalue weighted by Gasteiger charge is -2.12. The molecule has 0 aliphatic heterocycles. The van der Waals surface area contributed by atoms with Crippen molar-refractivity contribution < 1.29 is 8.42 Å². The van der Waals surface area contributed by atoms with E-state index in [1.54, 1.807) is 18.5 Å². The van der Waals surface area contributed by atoms with E-state index in [1.807, 2.05) is 26.0 Å². The average molecular weight is 358 g/mol. The van der Waals surface area contributed by atoms with Crippen LogP contribution in [0.2, 0.25) is 0 Å². The first-order valence-corrected chi connectivity index (χ1v) is 8.28. The lowest BCUT2D eigenvalue weighted by atomic mass is 10.1. The second-order valence-corrected chi connectivity index (χ2v) is 7.27. The van der Waals surface area contributed by atoms with Gasteiger partial charge < -0.3 is 4.57 Å². The van der Waals surface area contributed by atoms with Gasteiger partial charge in [-0.2, -0.15) is 8.42 Å². The first-order chi connectivity index (χ1) is 9.20. The second kappa shape index (κ2) is 5.21. The van der Waals surface area contributed by atoms with Crippen molar-refractivity contribution in [3.05, 3.63) is 39.8 Å². The molecule has 5 nitrogen and oxygen atoms in total. The van der Waals surface area contributed by atoms with E-state index in [9.17, 15) is 8.42 Å². The molecule has 1 aromatic carbocycles. The molecule has 0 spiro atoms. The molecular formula is C13H16BrN3O2S. The monoisotopic (exact) mass is 357 g/mol. The molecule has 0 aliphatic carbocycles. The van der Waals surface area contributed by atoms with E-state index >= 15 is 0 Å². The third-order valence-corrected chi connectivity index (χ3v) is 4.88. The fourth-order valence-electron chi connectivity index (χ4n) is 1.89. The molecule has 0 unspecified atom stereocenters. The van der Waals surface area contributed by atoms with Crippen LogP contribution in [0.1, 0.15) is 17.0 Å². The highest BCUT2D eigenvalue weighted by molar-refractivity contribution is 9.10. The summed E-state index contributed by atoms with van der Waals surface area (Å²) in [5, 5.41) is 0.0179. The molecule has 0 saturated heterocycles. The fraction of sp³-hybridized carbons (Fsp3) is 0.308. The van der Waals surface area contributed by atoms with Gasteiger partial charge >= 0.3 is 0 Å². The Labute approximate surface area is 127 Å². The van der Waals surface area contributed by atoms with Crippen LogP contribution < -0.4 is 4.72 Å². The SMILES string of the molecule is Cc1cc(C)c(NS(=O)(=O)c2cn(C)c(C)n2)c(Br)c1. The molecule has 2 rings (SSSR count). The molecule has 0 amide bonds. The highest BCUT2D eigenvalue weighted by Gasteiger charge is 2.20. The number of anilines is 1. The summed E-state index contributed by atoms with van der Waals surface area (Å²) in [4.78, 5) is 4.05. The number of aryl methyl sites for hydroxylation is 4. The van der Waals surface area contributed by atoms with Crippen molar-refractivity contribution in [3.8, 4) is 0 Å². The molecule has 108 valence electrons. The van der Waals surface area contributed by atoms with E-state index in [1.165, 1.54) is 6.20 Å². The highest BCUT2D eigenvalue weighted by atomic mass is 79.9. The third kappa shape index (κ3) is 2.88. The van der Waals surface area contributed by atoms with Gasteiger partial charge in [0.1, 0.15) is 5.82 Å². The molecule has 0 atom stereocenters. The van der Waals surface area contributed by atoms with Crippen molar-refractivity contribution in [2.24, 2.45) is 7.05 Å². The van der Waals surface area contributed by atoms with Gasteiger partial charge in [0.05, 0.1) is 5.69 Å². The van der Waals surface area contributed by atoms with Crippen LogP contribution in [0.25, 0.3) is 0 Å². The van der Waals surface area contributed by atoms with E-state index in [0.717, 1.165) is 11.1 Å². The number of rotatable bonds is 3. The van der Waals surface area contributed by atoms with E-state index in [2.05, 4.69) is 25.6 Å². The van der Waals surface area contributed by atoms with Crippen molar-refractivity contribution in [1.29, 1.82) is 0 Å². The van der Waals surface area contributed by atoms with Crippen LogP contribution in [0, 0.1) is 20.8 Å². The van der Waals surface area contributed by atoms with Gasteiger partial charge in [0.2, 0.25) is 0 Å². The van der Waals surface area contributed by atoms with Gasteiger partial charge in [-0.3, -0.25) is 4.72 Å². The predicted molar refractivity (Wildman–Crippen MR) is 82.4 cm³/mol. The first kappa shape index (κ1) is 15.1. The number of nitrogens with one attached hydrogen (secondary N) is 1. The topological polar surface area (TPSA) is 64.0 Å². The molecule has 1 heterocycles. The molecular weight excluding hydrogens is 342 g/mol. The Morgan fingerprint density at radius 3 is 2.40 bits per heavy atom. The zero-order valence-corrected chi connectivity index (χ0v) is 14.1. The molecule has 20 heavy (non-hydrogen) atoms. The van der Waals surface area contributed by atoms with E-state index in [0.29, 0.717) is 16.0 Å². The number of sulfonamides is 1. The van der Waals surface area contributed by atoms with Crippen molar-refractivity contribution in [1.82, 2.24) is 9.55 Å². The summed E-state index contributed by atoms with van der Waals surface area (Å²) in [7, 11) is -1.93. The molecule has 7 heteroatoms. The second-order valence-electron chi connectivity index (χ2n) is 4.78. The maximum absolute atomic E-state index is 12.3. The van der Waals surface area contributed by atoms with Crippen molar-refractivity contribution in [2.75, 3.05) is 4.72 Å². The maximum atomic E-state index is 12.3. The summed E-state index contributed by atoms with van der Waals surface area (Å²) in [6.07, 6.45) is 1.50. The van der Waals surface area contributed by atoms with Crippen LogP contribution in [-0.4, -0.2) is 18.0 Å². The first-order valence-electron chi connectivity index (χ1n) is 6.00. The summed E-state index contributed by atoms with van der Waals surface area (Å²) >= 11 is 3.39. The van der Waals surface area contributed by atoms with Crippen molar-refractivity contribution in [3.63, 3.8) is 0 Å². The highest BCUT2D eigenvalue weighted by Crippen LogP contribution is 2.29. The number of nitrogens with zero attached hydrogens (tertiary/aromatic N) is 2. The van der Waals surface area contributed by atoms with E-state index in [-0.39, 0.29) is 5.03 Å². The van der Waals surface area contributed by atoms with Crippen molar-refractivity contribution >= 4 is 31.6 Å². The van der Waals surface area contributed by atoms with Gasteiger partial charge in [0.25, 0.3) is 10.0 Å². The lowest BCUT2D eigenvalue weighted by Crippen LogP contribution is -2.14. The van der Waals surface area contributed by atoms with Gasteiger partial charge in [-0.15, -0.1) is 0 Å². The number of imidazole rings is 1. The Morgan fingerprint density at radius 1 is 1.25 bits per heavy atom. The molecule has 0 saturated carbocycles. The Morgan fingerprint density at radius 2 is 1.90 bits per heavy atom. The van der Waals surface area contributed by atoms with Gasteiger partial charge in [0, 0.05) is 17.7 Å². The summed E-state index contributed by atoms with van der Waals surface area (Å²) in [6.45, 7) is 5.57. The fourth-order valence-corrected chi connectivity index (χ4v) is 3.98. The molecule has 0 bridgehead atoms. The average Bonchev–Trinajstić information content (AvgIpc) is 2.65. The zero-order valence-electron chi connectivity index (χ0n) is 11.7. The van der Waals surface area contributed by atoms with Gasteiger partial charge in [-0.05, 0) is 53.9 Å². The van der Waals surface area contributed by atoms with Gasteiger partial charge in [-0.25, -0.2) is 4.98 Å². The number of benzene rings is 1. The van der Waals surface area contributed by atoms with Crippen molar-refractivity contribution in [2.45, 2.75) is 25.8 Å². The summed E-state index contributed by atoms with van der Waals surface area (Å²) in [5.74, 6) is 0.644. The molecule has 0 fully saturated rings. The molecule has 0 radical (unpaired) electrons. The number of aromatic nitrogens is 2. The minimum Gasteiger partial charge on any atom is -0.337 e. The van der Waals surface area contributed by atoms with Gasteiger partial charge in [-0.1, -0.05) is 6.07 Å². The number of hydrogen-bond donors (Lipinski definition) is 1. The minimum absolute atomic E-state index is 0.0179. The summed E-state index contributed by atoms with van der Waals surface area (Å²) in [6, 6.07) is 3.79. The molecule has 1 aromatic heterocycles. The maximum Gasteiger partial charge on any atom is 0.281 e. The smallest absolute Gasteiger partial charge is 0.281 e. The van der Waals surface area contributed by atoms with Crippen LogP contribution in [0.15, 0.2) is 27.8 Å². The zero-order chi connectivity index (χ0) is 15.1. The van der Waals surface area contributed by atoms with Crippen LogP contribution in [0.4, 0.5) is 5.69 Å². The Bertz CT molecular complexity index is 723.